The van der Waals surface area contributed by atoms with E-state index in [1.165, 1.54) is 0 Å². The number of nitrogens with zero attached hydrogens (tertiary/aromatic N) is 2. The van der Waals surface area contributed by atoms with Crippen molar-refractivity contribution in [3.05, 3.63) is 72.1 Å². The van der Waals surface area contributed by atoms with Crippen molar-refractivity contribution in [2.45, 2.75) is 12.8 Å². The molecule has 0 aliphatic carbocycles. The van der Waals surface area contributed by atoms with Crippen LogP contribution in [0.4, 0.5) is 0 Å². The van der Waals surface area contributed by atoms with Gasteiger partial charge in [0.1, 0.15) is 0 Å². The smallest absolute Gasteiger partial charge is 0.253 e. The van der Waals surface area contributed by atoms with Crippen LogP contribution in [0.25, 0.3) is 6.08 Å². The number of rotatable bonds is 5. The second-order valence-corrected chi connectivity index (χ2v) is 6.46. The van der Waals surface area contributed by atoms with Gasteiger partial charge in [-0.2, -0.15) is 0 Å². The zero-order valence-corrected chi connectivity index (χ0v) is 14.7. The molecule has 26 heavy (non-hydrogen) atoms. The minimum atomic E-state index is -0.0795. The Kier molecular flexibility index (Phi) is 6.14. The lowest BCUT2D eigenvalue weighted by Gasteiger charge is -2.32. The molecule has 0 atom stereocenters. The molecule has 2 aromatic rings. The molecule has 0 bridgehead atoms. The van der Waals surface area contributed by atoms with E-state index in [1.54, 1.807) is 30.6 Å². The topological polar surface area (TPSA) is 62.3 Å². The molecule has 2 amide bonds. The summed E-state index contributed by atoms with van der Waals surface area (Å²) in [5, 5.41) is 2.96. The highest BCUT2D eigenvalue weighted by Crippen LogP contribution is 2.18. The van der Waals surface area contributed by atoms with Crippen LogP contribution in [0.3, 0.4) is 0 Å². The summed E-state index contributed by atoms with van der Waals surface area (Å²) in [5.74, 6) is 0.385. The molecule has 1 aliphatic rings. The summed E-state index contributed by atoms with van der Waals surface area (Å²) < 4.78 is 0. The van der Waals surface area contributed by atoms with Crippen LogP contribution in [0.2, 0.25) is 0 Å². The number of benzene rings is 1. The summed E-state index contributed by atoms with van der Waals surface area (Å²) in [6, 6.07) is 13.2. The highest BCUT2D eigenvalue weighted by atomic mass is 16.2. The first kappa shape index (κ1) is 17.9. The van der Waals surface area contributed by atoms with E-state index in [1.807, 2.05) is 41.3 Å². The number of carbonyl (C=O) groups is 2. The molecule has 1 N–H and O–H groups in total. The van der Waals surface area contributed by atoms with Crippen LogP contribution in [0.15, 0.2) is 60.9 Å². The Morgan fingerprint density at radius 2 is 1.77 bits per heavy atom. The minimum absolute atomic E-state index is 0.0562. The molecule has 2 heterocycles. The van der Waals surface area contributed by atoms with Gasteiger partial charge >= 0.3 is 0 Å². The zero-order chi connectivity index (χ0) is 18.2. The molecule has 5 nitrogen and oxygen atoms in total. The van der Waals surface area contributed by atoms with Gasteiger partial charge in [-0.1, -0.05) is 30.3 Å². The largest absolute Gasteiger partial charge is 0.352 e. The van der Waals surface area contributed by atoms with Gasteiger partial charge in [0.15, 0.2) is 0 Å². The van der Waals surface area contributed by atoms with Crippen molar-refractivity contribution < 1.29 is 9.59 Å². The first-order valence-electron chi connectivity index (χ1n) is 8.92. The van der Waals surface area contributed by atoms with Crippen LogP contribution in [0.5, 0.6) is 0 Å². The van der Waals surface area contributed by atoms with Crippen LogP contribution in [0.1, 0.15) is 28.8 Å². The van der Waals surface area contributed by atoms with E-state index in [0.29, 0.717) is 18.0 Å². The number of likely N-dealkylation sites (tertiary alicyclic amines) is 1. The van der Waals surface area contributed by atoms with E-state index in [9.17, 15) is 9.59 Å². The third-order valence-corrected chi connectivity index (χ3v) is 4.62. The second-order valence-electron chi connectivity index (χ2n) is 6.46. The lowest BCUT2D eigenvalue weighted by atomic mass is 9.96. The maximum atomic E-state index is 12.4. The molecular weight excluding hydrogens is 326 g/mol. The fourth-order valence-corrected chi connectivity index (χ4v) is 3.06. The number of hydrogen-bond donors (Lipinski definition) is 1. The molecule has 1 aromatic heterocycles. The van der Waals surface area contributed by atoms with Gasteiger partial charge in [-0.3, -0.25) is 14.6 Å². The summed E-state index contributed by atoms with van der Waals surface area (Å²) >= 11 is 0. The lowest BCUT2D eigenvalue weighted by molar-refractivity contribution is -0.116. The highest BCUT2D eigenvalue weighted by molar-refractivity contribution is 5.94. The Bertz CT molecular complexity index is 751. The van der Waals surface area contributed by atoms with Gasteiger partial charge in [-0.05, 0) is 42.5 Å². The highest BCUT2D eigenvalue weighted by Gasteiger charge is 2.23. The fraction of sp³-hybridized carbons (Fsp3) is 0.286. The predicted octanol–water partition coefficient (Wildman–Crippen LogP) is 2.76. The summed E-state index contributed by atoms with van der Waals surface area (Å²) in [7, 11) is 0. The zero-order valence-electron chi connectivity index (χ0n) is 14.7. The Hall–Kier alpha value is -2.95. The second kappa shape index (κ2) is 8.94. The van der Waals surface area contributed by atoms with Crippen molar-refractivity contribution in [3.63, 3.8) is 0 Å². The number of aromatic nitrogens is 1. The first-order valence-corrected chi connectivity index (χ1v) is 8.92. The summed E-state index contributed by atoms with van der Waals surface area (Å²) in [4.78, 5) is 30.2. The Labute approximate surface area is 153 Å². The Balaban J connectivity index is 1.41. The lowest BCUT2D eigenvalue weighted by Crippen LogP contribution is -2.41. The van der Waals surface area contributed by atoms with Gasteiger partial charge in [0.05, 0.1) is 0 Å². The molecule has 0 saturated carbocycles. The first-order chi connectivity index (χ1) is 12.7. The number of piperidine rings is 1. The van der Waals surface area contributed by atoms with Gasteiger partial charge in [0, 0.05) is 43.7 Å². The molecule has 5 heteroatoms. The van der Waals surface area contributed by atoms with Crippen LogP contribution in [-0.4, -0.2) is 41.3 Å². The molecule has 0 unspecified atom stereocenters. The minimum Gasteiger partial charge on any atom is -0.352 e. The summed E-state index contributed by atoms with van der Waals surface area (Å²) in [6.45, 7) is 2.10. The number of hydrogen-bond acceptors (Lipinski definition) is 3. The molecule has 1 aromatic carbocycles. The van der Waals surface area contributed by atoms with E-state index in [4.69, 9.17) is 0 Å². The molecule has 1 saturated heterocycles. The molecule has 1 aliphatic heterocycles. The number of pyridine rings is 1. The maximum absolute atomic E-state index is 12.4. The van der Waals surface area contributed by atoms with Crippen LogP contribution in [-0.2, 0) is 4.79 Å². The maximum Gasteiger partial charge on any atom is 0.253 e. The molecule has 0 spiro atoms. The molecule has 3 rings (SSSR count). The van der Waals surface area contributed by atoms with Crippen molar-refractivity contribution in [1.29, 1.82) is 0 Å². The predicted molar refractivity (Wildman–Crippen MR) is 101 cm³/mol. The fourth-order valence-electron chi connectivity index (χ4n) is 3.06. The van der Waals surface area contributed by atoms with E-state index in [-0.39, 0.29) is 11.8 Å². The van der Waals surface area contributed by atoms with Crippen LogP contribution < -0.4 is 5.32 Å². The van der Waals surface area contributed by atoms with Gasteiger partial charge in [-0.25, -0.2) is 0 Å². The van der Waals surface area contributed by atoms with Crippen molar-refractivity contribution >= 4 is 17.9 Å². The normalized spacial score (nSPS) is 15.2. The Morgan fingerprint density at radius 1 is 1.08 bits per heavy atom. The molecular formula is C21H23N3O2. The van der Waals surface area contributed by atoms with E-state index in [2.05, 4.69) is 10.3 Å². The SMILES string of the molecule is O=C(/C=C/c1ccccc1)NCC1CCN(C(=O)c2ccncc2)CC1. The van der Waals surface area contributed by atoms with Crippen molar-refractivity contribution in [1.82, 2.24) is 15.2 Å². The van der Waals surface area contributed by atoms with Crippen LogP contribution in [0, 0.1) is 5.92 Å². The van der Waals surface area contributed by atoms with E-state index < -0.39 is 0 Å². The van der Waals surface area contributed by atoms with Gasteiger partial charge < -0.3 is 10.2 Å². The average Bonchev–Trinajstić information content (AvgIpc) is 2.72. The quantitative estimate of drug-likeness (QED) is 0.845. The van der Waals surface area contributed by atoms with E-state index in [0.717, 1.165) is 31.5 Å². The van der Waals surface area contributed by atoms with Crippen molar-refractivity contribution in [2.75, 3.05) is 19.6 Å². The van der Waals surface area contributed by atoms with Gasteiger partial charge in [0.2, 0.25) is 5.91 Å². The molecule has 134 valence electrons. The standard InChI is InChI=1S/C21H23N3O2/c25-20(7-6-17-4-2-1-3-5-17)23-16-18-10-14-24(15-11-18)21(26)19-8-12-22-13-9-19/h1-9,12-13,18H,10-11,14-16H2,(H,23,25)/b7-6+. The molecule has 0 radical (unpaired) electrons. The Morgan fingerprint density at radius 3 is 2.46 bits per heavy atom. The van der Waals surface area contributed by atoms with Crippen molar-refractivity contribution in [3.8, 4) is 0 Å². The van der Waals surface area contributed by atoms with Gasteiger partial charge in [-0.15, -0.1) is 0 Å². The third kappa shape index (κ3) is 5.02. The summed E-state index contributed by atoms with van der Waals surface area (Å²) in [6.07, 6.45) is 8.46. The van der Waals surface area contributed by atoms with Crippen molar-refractivity contribution in [2.24, 2.45) is 5.92 Å². The number of carbonyl (C=O) groups excluding carboxylic acids is 2. The summed E-state index contributed by atoms with van der Waals surface area (Å²) in [5.41, 5.74) is 1.68. The van der Waals surface area contributed by atoms with E-state index >= 15 is 0 Å². The number of amides is 2. The molecule has 1 fully saturated rings. The average molecular weight is 349 g/mol. The van der Waals surface area contributed by atoms with Crippen LogP contribution >= 0.6 is 0 Å². The number of nitrogens with one attached hydrogen (secondary N) is 1. The third-order valence-electron chi connectivity index (χ3n) is 4.62. The monoisotopic (exact) mass is 349 g/mol. The van der Waals surface area contributed by atoms with Gasteiger partial charge in [0.25, 0.3) is 5.91 Å².